The molecule has 10 heteroatoms. The Labute approximate surface area is 140 Å². The second-order valence-corrected chi connectivity index (χ2v) is 6.49. The van der Waals surface area contributed by atoms with Crippen molar-refractivity contribution in [1.29, 1.82) is 0 Å². The maximum absolute atomic E-state index is 14.0. The lowest BCUT2D eigenvalue weighted by Gasteiger charge is -2.14. The van der Waals surface area contributed by atoms with Crippen LogP contribution in [0.1, 0.15) is 12.5 Å². The van der Waals surface area contributed by atoms with E-state index in [0.29, 0.717) is 0 Å². The molecule has 2 rings (SSSR count). The molecule has 0 radical (unpaired) electrons. The van der Waals surface area contributed by atoms with Gasteiger partial charge in [-0.3, -0.25) is 4.72 Å². The first-order chi connectivity index (χ1) is 11.6. The van der Waals surface area contributed by atoms with Crippen LogP contribution >= 0.6 is 0 Å². The predicted octanol–water partition coefficient (Wildman–Crippen LogP) is 3.75. The summed E-state index contributed by atoms with van der Waals surface area (Å²) in [6, 6.07) is 2.92. The molecular weight excluding hydrogens is 369 g/mol. The van der Waals surface area contributed by atoms with Crippen molar-refractivity contribution in [1.82, 2.24) is 0 Å². The van der Waals surface area contributed by atoms with Crippen molar-refractivity contribution in [2.75, 3.05) is 11.8 Å². The van der Waals surface area contributed by atoms with Crippen LogP contribution < -0.4 is 9.46 Å². The van der Waals surface area contributed by atoms with Crippen LogP contribution in [0.25, 0.3) is 0 Å². The van der Waals surface area contributed by atoms with E-state index in [0.717, 1.165) is 18.2 Å². The fourth-order valence-corrected chi connectivity index (χ4v) is 3.61. The number of benzene rings is 2. The highest BCUT2D eigenvalue weighted by molar-refractivity contribution is 7.92. The van der Waals surface area contributed by atoms with E-state index in [2.05, 4.69) is 4.74 Å². The number of ether oxygens (including phenoxy) is 1. The summed E-state index contributed by atoms with van der Waals surface area (Å²) >= 11 is 0. The van der Waals surface area contributed by atoms with Gasteiger partial charge in [0.15, 0.2) is 34.8 Å². The summed E-state index contributed by atoms with van der Waals surface area (Å²) in [6.07, 6.45) is -0.423. The van der Waals surface area contributed by atoms with Crippen LogP contribution in [-0.4, -0.2) is 15.5 Å². The third kappa shape index (κ3) is 3.39. The third-order valence-corrected chi connectivity index (χ3v) is 4.81. The number of rotatable bonds is 5. The minimum absolute atomic E-state index is 0.178. The third-order valence-electron chi connectivity index (χ3n) is 3.34. The lowest BCUT2D eigenvalue weighted by Crippen LogP contribution is -2.20. The van der Waals surface area contributed by atoms with Gasteiger partial charge in [0.1, 0.15) is 4.90 Å². The molecule has 136 valence electrons. The number of halogens is 5. The highest BCUT2D eigenvalue weighted by Crippen LogP contribution is 2.30. The van der Waals surface area contributed by atoms with Gasteiger partial charge in [-0.15, -0.1) is 0 Å². The molecule has 25 heavy (non-hydrogen) atoms. The molecule has 0 saturated carbocycles. The van der Waals surface area contributed by atoms with Crippen LogP contribution in [0.2, 0.25) is 0 Å². The second-order valence-electron chi connectivity index (χ2n) is 4.87. The van der Waals surface area contributed by atoms with Crippen molar-refractivity contribution in [3.05, 3.63) is 52.8 Å². The molecule has 0 heterocycles. The summed E-state index contributed by atoms with van der Waals surface area (Å²) in [6.45, 7) is 1.24. The highest BCUT2D eigenvalue weighted by atomic mass is 32.2. The standard InChI is InChI=1S/C15H12F5NO3S/c1-3-8-11(17)12(18)13(19)14(20)15(8)25(22,23)21-7-4-5-10(24-2)9(16)6-7/h4-6,21H,3H2,1-2H3. The largest absolute Gasteiger partial charge is 0.494 e. The predicted molar refractivity (Wildman–Crippen MR) is 79.4 cm³/mol. The van der Waals surface area contributed by atoms with Gasteiger partial charge in [-0.05, 0) is 18.6 Å². The Balaban J connectivity index is 2.59. The topological polar surface area (TPSA) is 55.4 Å². The molecule has 0 fully saturated rings. The molecule has 4 nitrogen and oxygen atoms in total. The molecule has 0 aromatic heterocycles. The smallest absolute Gasteiger partial charge is 0.265 e. The molecule has 0 saturated heterocycles. The summed E-state index contributed by atoms with van der Waals surface area (Å²) in [4.78, 5) is -1.37. The Morgan fingerprint density at radius 3 is 2.12 bits per heavy atom. The zero-order valence-electron chi connectivity index (χ0n) is 13.0. The molecule has 0 amide bonds. The number of sulfonamides is 1. The number of hydrogen-bond acceptors (Lipinski definition) is 3. The number of hydrogen-bond donors (Lipinski definition) is 1. The molecule has 0 aliphatic carbocycles. The molecule has 0 bridgehead atoms. The van der Waals surface area contributed by atoms with Crippen LogP contribution in [-0.2, 0) is 16.4 Å². The molecular formula is C15H12F5NO3S. The van der Waals surface area contributed by atoms with E-state index in [9.17, 15) is 30.4 Å². The monoisotopic (exact) mass is 381 g/mol. The zero-order chi connectivity index (χ0) is 18.9. The summed E-state index contributed by atoms with van der Waals surface area (Å²) in [5, 5.41) is 0. The maximum Gasteiger partial charge on any atom is 0.265 e. The van der Waals surface area contributed by atoms with Gasteiger partial charge in [-0.1, -0.05) is 6.92 Å². The molecule has 0 aliphatic rings. The van der Waals surface area contributed by atoms with E-state index in [1.165, 1.54) is 14.0 Å². The SMILES string of the molecule is CCc1c(F)c(F)c(F)c(F)c1S(=O)(=O)Nc1ccc(OC)c(F)c1. The van der Waals surface area contributed by atoms with Crippen molar-refractivity contribution in [2.24, 2.45) is 0 Å². The average molecular weight is 381 g/mol. The molecule has 2 aromatic rings. The number of methoxy groups -OCH3 is 1. The van der Waals surface area contributed by atoms with E-state index in [4.69, 9.17) is 0 Å². The lowest BCUT2D eigenvalue weighted by molar-refractivity contribution is 0.386. The Bertz CT molecular complexity index is 931. The van der Waals surface area contributed by atoms with Gasteiger partial charge >= 0.3 is 0 Å². The number of anilines is 1. The van der Waals surface area contributed by atoms with Gasteiger partial charge in [0.05, 0.1) is 12.8 Å². The summed E-state index contributed by atoms with van der Waals surface area (Å²) in [5.74, 6) is -9.32. The van der Waals surface area contributed by atoms with Crippen molar-refractivity contribution in [3.8, 4) is 5.75 Å². The molecule has 0 aliphatic heterocycles. The Hall–Kier alpha value is -2.36. The maximum atomic E-state index is 14.0. The Morgan fingerprint density at radius 2 is 1.60 bits per heavy atom. The molecule has 0 spiro atoms. The van der Waals surface area contributed by atoms with E-state index in [1.54, 1.807) is 4.72 Å². The van der Waals surface area contributed by atoms with Gasteiger partial charge in [0.2, 0.25) is 0 Å². The Morgan fingerprint density at radius 1 is 1.00 bits per heavy atom. The molecule has 0 atom stereocenters. The van der Waals surface area contributed by atoms with Crippen LogP contribution in [0.3, 0.4) is 0 Å². The van der Waals surface area contributed by atoms with E-state index >= 15 is 0 Å². The van der Waals surface area contributed by atoms with Crippen LogP contribution in [0.5, 0.6) is 5.75 Å². The minimum Gasteiger partial charge on any atom is -0.494 e. The van der Waals surface area contributed by atoms with Gasteiger partial charge in [0.25, 0.3) is 10.0 Å². The van der Waals surface area contributed by atoms with E-state index in [1.807, 2.05) is 0 Å². The average Bonchev–Trinajstić information content (AvgIpc) is 2.55. The molecule has 1 N–H and O–H groups in total. The van der Waals surface area contributed by atoms with Gasteiger partial charge < -0.3 is 4.74 Å². The first kappa shape index (κ1) is 19.0. The van der Waals surface area contributed by atoms with Crippen molar-refractivity contribution >= 4 is 15.7 Å². The fourth-order valence-electron chi connectivity index (χ4n) is 2.19. The Kier molecular flexibility index (Phi) is 5.21. The summed E-state index contributed by atoms with van der Waals surface area (Å²) < 4.78 is 99.3. The van der Waals surface area contributed by atoms with Crippen LogP contribution in [0.4, 0.5) is 27.6 Å². The normalized spacial score (nSPS) is 11.5. The first-order valence-corrected chi connectivity index (χ1v) is 8.33. The summed E-state index contributed by atoms with van der Waals surface area (Å²) in [5.41, 5.74) is -1.21. The highest BCUT2D eigenvalue weighted by Gasteiger charge is 2.32. The van der Waals surface area contributed by atoms with Gasteiger partial charge in [-0.25, -0.2) is 30.4 Å². The van der Waals surface area contributed by atoms with E-state index in [-0.39, 0.29) is 11.4 Å². The minimum atomic E-state index is -4.86. The van der Waals surface area contributed by atoms with Gasteiger partial charge in [0, 0.05) is 11.6 Å². The number of nitrogens with one attached hydrogen (secondary N) is 1. The molecule has 0 unspecified atom stereocenters. The van der Waals surface area contributed by atoms with Gasteiger partial charge in [-0.2, -0.15) is 0 Å². The second kappa shape index (κ2) is 6.87. The molecule has 2 aromatic carbocycles. The summed E-state index contributed by atoms with van der Waals surface area (Å²) in [7, 11) is -3.67. The van der Waals surface area contributed by atoms with Crippen molar-refractivity contribution in [3.63, 3.8) is 0 Å². The van der Waals surface area contributed by atoms with Crippen LogP contribution in [0, 0.1) is 29.1 Å². The van der Waals surface area contributed by atoms with E-state index < -0.39 is 56.0 Å². The van der Waals surface area contributed by atoms with Crippen molar-refractivity contribution < 1.29 is 35.1 Å². The van der Waals surface area contributed by atoms with Crippen LogP contribution in [0.15, 0.2) is 23.1 Å². The zero-order valence-corrected chi connectivity index (χ0v) is 13.8. The quantitative estimate of drug-likeness (QED) is 0.488. The first-order valence-electron chi connectivity index (χ1n) is 6.85. The lowest BCUT2D eigenvalue weighted by atomic mass is 10.1. The fraction of sp³-hybridized carbons (Fsp3) is 0.200. The van der Waals surface area contributed by atoms with Crippen molar-refractivity contribution in [2.45, 2.75) is 18.2 Å².